The minimum atomic E-state index is -0.850. The number of esters is 1. The molecule has 0 amide bonds. The van der Waals surface area contributed by atoms with Crippen LogP contribution in [0.2, 0.25) is 0 Å². The summed E-state index contributed by atoms with van der Waals surface area (Å²) in [5, 5.41) is 0. The van der Waals surface area contributed by atoms with E-state index in [1.165, 1.54) is 12.1 Å². The second kappa shape index (κ2) is 4.91. The zero-order chi connectivity index (χ0) is 13.1. The first-order valence-corrected chi connectivity index (χ1v) is 4.98. The summed E-state index contributed by atoms with van der Waals surface area (Å²) >= 11 is 0. The standard InChI is InChI=1S/C13H7F3O2/c14-9-3-1-8(2-4-9)13(17)18-12-6-10(15)5-11(16)7-12/h1-7H. The normalized spacial score (nSPS) is 10.2. The maximum atomic E-state index is 12.9. The highest BCUT2D eigenvalue weighted by Crippen LogP contribution is 2.17. The van der Waals surface area contributed by atoms with Crippen LogP contribution in [0.3, 0.4) is 0 Å². The first kappa shape index (κ1) is 12.2. The fourth-order valence-electron chi connectivity index (χ4n) is 1.34. The van der Waals surface area contributed by atoms with Gasteiger partial charge in [0.25, 0.3) is 0 Å². The molecule has 0 spiro atoms. The van der Waals surface area contributed by atoms with E-state index in [1.807, 2.05) is 0 Å². The Bertz CT molecular complexity index is 559. The van der Waals surface area contributed by atoms with Gasteiger partial charge in [0.15, 0.2) is 0 Å². The molecule has 0 N–H and O–H groups in total. The van der Waals surface area contributed by atoms with Crippen LogP contribution < -0.4 is 4.74 Å². The summed E-state index contributed by atoms with van der Waals surface area (Å²) in [4.78, 5) is 11.6. The van der Waals surface area contributed by atoms with Gasteiger partial charge in [0.1, 0.15) is 23.2 Å². The summed E-state index contributed by atoms with van der Waals surface area (Å²) in [5.41, 5.74) is 0.0843. The van der Waals surface area contributed by atoms with E-state index in [0.717, 1.165) is 24.3 Å². The van der Waals surface area contributed by atoms with E-state index in [4.69, 9.17) is 4.74 Å². The van der Waals surface area contributed by atoms with Gasteiger partial charge < -0.3 is 4.74 Å². The van der Waals surface area contributed by atoms with Crippen molar-refractivity contribution in [3.8, 4) is 5.75 Å². The predicted octanol–water partition coefficient (Wildman–Crippen LogP) is 3.32. The summed E-state index contributed by atoms with van der Waals surface area (Å²) in [6, 6.07) is 7.02. The molecule has 0 atom stereocenters. The molecule has 0 heterocycles. The first-order chi connectivity index (χ1) is 8.54. The van der Waals surface area contributed by atoms with Crippen LogP contribution >= 0.6 is 0 Å². The number of hydrogen-bond donors (Lipinski definition) is 0. The highest BCUT2D eigenvalue weighted by atomic mass is 19.1. The van der Waals surface area contributed by atoms with Crippen molar-refractivity contribution >= 4 is 5.97 Å². The molecule has 0 radical (unpaired) electrons. The lowest BCUT2D eigenvalue weighted by Crippen LogP contribution is -2.08. The summed E-state index contributed by atoms with van der Waals surface area (Å²) < 4.78 is 43.1. The third-order valence-electron chi connectivity index (χ3n) is 2.13. The van der Waals surface area contributed by atoms with Crippen LogP contribution in [0.25, 0.3) is 0 Å². The van der Waals surface area contributed by atoms with Gasteiger partial charge in [-0.25, -0.2) is 18.0 Å². The summed E-state index contributed by atoms with van der Waals surface area (Å²) in [5.74, 6) is -3.26. The maximum Gasteiger partial charge on any atom is 0.343 e. The van der Waals surface area contributed by atoms with E-state index in [-0.39, 0.29) is 11.3 Å². The van der Waals surface area contributed by atoms with Crippen LogP contribution in [0, 0.1) is 17.5 Å². The molecule has 0 saturated heterocycles. The minimum absolute atomic E-state index is 0.0843. The average Bonchev–Trinajstić information content (AvgIpc) is 2.28. The van der Waals surface area contributed by atoms with Gasteiger partial charge in [-0.05, 0) is 24.3 Å². The van der Waals surface area contributed by atoms with Crippen molar-refractivity contribution in [2.75, 3.05) is 0 Å². The molecule has 0 bridgehead atoms. The van der Waals surface area contributed by atoms with Crippen molar-refractivity contribution < 1.29 is 22.7 Å². The zero-order valence-electron chi connectivity index (χ0n) is 8.99. The Morgan fingerprint density at radius 1 is 0.833 bits per heavy atom. The fraction of sp³-hybridized carbons (Fsp3) is 0. The Labute approximate surface area is 101 Å². The van der Waals surface area contributed by atoms with Crippen molar-refractivity contribution in [3.05, 3.63) is 65.5 Å². The number of ether oxygens (including phenoxy) is 1. The summed E-state index contributed by atoms with van der Waals surface area (Å²) in [6.07, 6.45) is 0. The average molecular weight is 252 g/mol. The van der Waals surface area contributed by atoms with Crippen LogP contribution in [-0.4, -0.2) is 5.97 Å². The number of carbonyl (C=O) groups excluding carboxylic acids is 1. The van der Waals surface area contributed by atoms with Crippen molar-refractivity contribution in [3.63, 3.8) is 0 Å². The highest BCUT2D eigenvalue weighted by Gasteiger charge is 2.10. The molecule has 5 heteroatoms. The van der Waals surface area contributed by atoms with Gasteiger partial charge in [-0.15, -0.1) is 0 Å². The Kier molecular flexibility index (Phi) is 3.32. The zero-order valence-corrected chi connectivity index (χ0v) is 8.99. The monoisotopic (exact) mass is 252 g/mol. The lowest BCUT2D eigenvalue weighted by molar-refractivity contribution is 0.0734. The topological polar surface area (TPSA) is 26.3 Å². The molecule has 2 rings (SSSR count). The van der Waals surface area contributed by atoms with Gasteiger partial charge in [0.05, 0.1) is 5.56 Å². The van der Waals surface area contributed by atoms with Gasteiger partial charge in [-0.2, -0.15) is 0 Å². The van der Waals surface area contributed by atoms with E-state index < -0.39 is 23.4 Å². The molecule has 2 nitrogen and oxygen atoms in total. The number of benzene rings is 2. The number of rotatable bonds is 2. The van der Waals surface area contributed by atoms with Crippen molar-refractivity contribution in [2.45, 2.75) is 0 Å². The Morgan fingerprint density at radius 3 is 1.94 bits per heavy atom. The van der Waals surface area contributed by atoms with Crippen molar-refractivity contribution in [1.82, 2.24) is 0 Å². The smallest absolute Gasteiger partial charge is 0.343 e. The third kappa shape index (κ3) is 2.88. The van der Waals surface area contributed by atoms with Crippen LogP contribution in [-0.2, 0) is 0 Å². The van der Waals surface area contributed by atoms with Gasteiger partial charge in [0, 0.05) is 18.2 Å². The molecule has 92 valence electrons. The number of carbonyl (C=O) groups is 1. The molecule has 0 aliphatic rings. The summed E-state index contributed by atoms with van der Waals surface area (Å²) in [6.45, 7) is 0. The van der Waals surface area contributed by atoms with Crippen LogP contribution in [0.1, 0.15) is 10.4 Å². The van der Waals surface area contributed by atoms with E-state index in [1.54, 1.807) is 0 Å². The SMILES string of the molecule is O=C(Oc1cc(F)cc(F)c1)c1ccc(F)cc1. The lowest BCUT2D eigenvalue weighted by atomic mass is 10.2. The molecule has 0 aliphatic carbocycles. The van der Waals surface area contributed by atoms with E-state index in [9.17, 15) is 18.0 Å². The molecule has 0 aromatic heterocycles. The van der Waals surface area contributed by atoms with Gasteiger partial charge in [-0.1, -0.05) is 0 Å². The molecule has 0 fully saturated rings. The Balaban J connectivity index is 2.18. The fourth-order valence-corrected chi connectivity index (χ4v) is 1.34. The summed E-state index contributed by atoms with van der Waals surface area (Å²) in [7, 11) is 0. The van der Waals surface area contributed by atoms with Crippen molar-refractivity contribution in [2.24, 2.45) is 0 Å². The maximum absolute atomic E-state index is 12.9. The van der Waals surface area contributed by atoms with Gasteiger partial charge in [-0.3, -0.25) is 0 Å². The predicted molar refractivity (Wildman–Crippen MR) is 57.7 cm³/mol. The van der Waals surface area contributed by atoms with Gasteiger partial charge >= 0.3 is 5.97 Å². The molecule has 18 heavy (non-hydrogen) atoms. The second-order valence-corrected chi connectivity index (χ2v) is 3.50. The second-order valence-electron chi connectivity index (χ2n) is 3.50. The largest absolute Gasteiger partial charge is 0.423 e. The Morgan fingerprint density at radius 2 is 1.39 bits per heavy atom. The molecular weight excluding hydrogens is 245 g/mol. The molecule has 2 aromatic rings. The van der Waals surface area contributed by atoms with E-state index >= 15 is 0 Å². The molecule has 2 aromatic carbocycles. The van der Waals surface area contributed by atoms with Crippen LogP contribution in [0.4, 0.5) is 13.2 Å². The van der Waals surface area contributed by atoms with Crippen molar-refractivity contribution in [1.29, 1.82) is 0 Å². The minimum Gasteiger partial charge on any atom is -0.423 e. The third-order valence-corrected chi connectivity index (χ3v) is 2.13. The number of halogens is 3. The van der Waals surface area contributed by atoms with Crippen LogP contribution in [0.5, 0.6) is 5.75 Å². The quantitative estimate of drug-likeness (QED) is 0.605. The van der Waals surface area contributed by atoms with E-state index in [0.29, 0.717) is 6.07 Å². The highest BCUT2D eigenvalue weighted by molar-refractivity contribution is 5.90. The molecule has 0 unspecified atom stereocenters. The molecular formula is C13H7F3O2. The van der Waals surface area contributed by atoms with E-state index in [2.05, 4.69) is 0 Å². The first-order valence-electron chi connectivity index (χ1n) is 4.98. The van der Waals surface area contributed by atoms with Gasteiger partial charge in [0.2, 0.25) is 0 Å². The number of hydrogen-bond acceptors (Lipinski definition) is 2. The Hall–Kier alpha value is -2.30. The molecule has 0 aliphatic heterocycles. The molecule has 0 saturated carbocycles. The van der Waals surface area contributed by atoms with Crippen LogP contribution in [0.15, 0.2) is 42.5 Å². The lowest BCUT2D eigenvalue weighted by Gasteiger charge is -2.04.